The van der Waals surface area contributed by atoms with E-state index in [9.17, 15) is 8.78 Å². The molecule has 0 radical (unpaired) electrons. The van der Waals surface area contributed by atoms with Gasteiger partial charge in [-0.15, -0.1) is 0 Å². The fourth-order valence-electron chi connectivity index (χ4n) is 1.25. The van der Waals surface area contributed by atoms with Crippen molar-refractivity contribution in [3.8, 4) is 11.5 Å². The minimum Gasteiger partial charge on any atom is -0.497 e. The number of hydrogen-bond acceptors (Lipinski definition) is 4. The van der Waals surface area contributed by atoms with Crippen molar-refractivity contribution >= 4 is 5.71 Å². The van der Waals surface area contributed by atoms with Crippen LogP contribution >= 0.6 is 0 Å². The summed E-state index contributed by atoms with van der Waals surface area (Å²) in [5.74, 6) is 0.670. The third-order valence-corrected chi connectivity index (χ3v) is 2.09. The van der Waals surface area contributed by atoms with Gasteiger partial charge in [0.15, 0.2) is 0 Å². The van der Waals surface area contributed by atoms with E-state index in [2.05, 4.69) is 5.16 Å². The van der Waals surface area contributed by atoms with E-state index in [0.29, 0.717) is 11.3 Å². The summed E-state index contributed by atoms with van der Waals surface area (Å²) in [6.45, 7) is 0.815. The molecule has 0 aliphatic carbocycles. The molecule has 4 nitrogen and oxygen atoms in total. The first-order valence-electron chi connectivity index (χ1n) is 4.86. The Labute approximate surface area is 97.5 Å². The predicted molar refractivity (Wildman–Crippen MR) is 58.5 cm³/mol. The van der Waals surface area contributed by atoms with Crippen molar-refractivity contribution in [2.24, 2.45) is 5.16 Å². The lowest BCUT2D eigenvalue weighted by Gasteiger charge is -2.11. The van der Waals surface area contributed by atoms with E-state index in [4.69, 9.17) is 14.7 Å². The fourth-order valence-corrected chi connectivity index (χ4v) is 1.25. The number of nitrogens with zero attached hydrogens (tertiary/aromatic N) is 1. The molecule has 1 rings (SSSR count). The zero-order chi connectivity index (χ0) is 12.8. The average Bonchev–Trinajstić information content (AvgIpc) is 2.34. The second-order valence-corrected chi connectivity index (χ2v) is 3.25. The molecule has 0 bridgehead atoms. The van der Waals surface area contributed by atoms with E-state index in [1.165, 1.54) is 20.1 Å². The highest BCUT2D eigenvalue weighted by Crippen LogP contribution is 2.25. The van der Waals surface area contributed by atoms with Crippen LogP contribution in [0.4, 0.5) is 8.78 Å². The third-order valence-electron chi connectivity index (χ3n) is 2.09. The highest BCUT2D eigenvalue weighted by molar-refractivity contribution is 6.00. The second-order valence-electron chi connectivity index (χ2n) is 3.25. The van der Waals surface area contributed by atoms with Crippen LogP contribution in [-0.4, -0.2) is 31.1 Å². The number of oxime groups is 1. The van der Waals surface area contributed by atoms with Gasteiger partial charge in [-0.25, -0.2) is 8.78 Å². The molecule has 0 aromatic heterocycles. The molecule has 0 spiro atoms. The normalized spacial score (nSPS) is 11.7. The smallest absolute Gasteiger partial charge is 0.272 e. The van der Waals surface area contributed by atoms with Gasteiger partial charge in [-0.05, 0) is 19.1 Å². The zero-order valence-electron chi connectivity index (χ0n) is 9.48. The van der Waals surface area contributed by atoms with Crippen LogP contribution in [0.15, 0.2) is 23.4 Å². The SMILES string of the molecule is COc1ccc(/C(C)=N/O)c(OCC(F)F)c1. The lowest BCUT2D eigenvalue weighted by molar-refractivity contribution is 0.0817. The number of methoxy groups -OCH3 is 1. The summed E-state index contributed by atoms with van der Waals surface area (Å²) in [5, 5.41) is 11.7. The fraction of sp³-hybridized carbons (Fsp3) is 0.364. The Bertz CT molecular complexity index is 408. The van der Waals surface area contributed by atoms with E-state index in [-0.39, 0.29) is 11.5 Å². The van der Waals surface area contributed by atoms with Gasteiger partial charge in [0.2, 0.25) is 0 Å². The van der Waals surface area contributed by atoms with Crippen molar-refractivity contribution < 1.29 is 23.5 Å². The monoisotopic (exact) mass is 245 g/mol. The maximum absolute atomic E-state index is 12.1. The Hall–Kier alpha value is -1.85. The topological polar surface area (TPSA) is 51.0 Å². The van der Waals surface area contributed by atoms with Crippen molar-refractivity contribution in [2.75, 3.05) is 13.7 Å². The van der Waals surface area contributed by atoms with Gasteiger partial charge in [-0.1, -0.05) is 5.16 Å². The lowest BCUT2D eigenvalue weighted by atomic mass is 10.1. The van der Waals surface area contributed by atoms with Crippen molar-refractivity contribution in [3.63, 3.8) is 0 Å². The highest BCUT2D eigenvalue weighted by atomic mass is 19.3. The van der Waals surface area contributed by atoms with Crippen LogP contribution in [0.1, 0.15) is 12.5 Å². The van der Waals surface area contributed by atoms with Crippen molar-refractivity contribution in [1.29, 1.82) is 0 Å². The number of hydrogen-bond donors (Lipinski definition) is 1. The summed E-state index contributed by atoms with van der Waals surface area (Å²) in [5.41, 5.74) is 0.714. The van der Waals surface area contributed by atoms with Gasteiger partial charge < -0.3 is 14.7 Å². The Morgan fingerprint density at radius 1 is 1.47 bits per heavy atom. The first kappa shape index (κ1) is 13.2. The van der Waals surface area contributed by atoms with Crippen LogP contribution in [0.25, 0.3) is 0 Å². The Kier molecular flexibility index (Phi) is 4.68. The van der Waals surface area contributed by atoms with Crippen LogP contribution in [0.2, 0.25) is 0 Å². The quantitative estimate of drug-likeness (QED) is 0.492. The molecular formula is C11H13F2NO3. The molecule has 0 saturated heterocycles. The van der Waals surface area contributed by atoms with Crippen LogP contribution < -0.4 is 9.47 Å². The first-order valence-corrected chi connectivity index (χ1v) is 4.86. The maximum atomic E-state index is 12.1. The van der Waals surface area contributed by atoms with Crippen molar-refractivity contribution in [1.82, 2.24) is 0 Å². The molecule has 0 fully saturated rings. The molecule has 0 amide bonds. The first-order chi connectivity index (χ1) is 8.08. The van der Waals surface area contributed by atoms with Crippen LogP contribution in [0.5, 0.6) is 11.5 Å². The van der Waals surface area contributed by atoms with Crippen molar-refractivity contribution in [2.45, 2.75) is 13.3 Å². The van der Waals surface area contributed by atoms with Gasteiger partial charge in [0.1, 0.15) is 18.1 Å². The van der Waals surface area contributed by atoms with Gasteiger partial charge in [-0.2, -0.15) is 0 Å². The molecule has 1 aromatic carbocycles. The summed E-state index contributed by atoms with van der Waals surface area (Å²) in [6, 6.07) is 4.67. The van der Waals surface area contributed by atoms with Crippen LogP contribution in [0, 0.1) is 0 Å². The summed E-state index contributed by atoms with van der Waals surface area (Å²) >= 11 is 0. The van der Waals surface area contributed by atoms with Gasteiger partial charge in [0, 0.05) is 11.6 Å². The van der Waals surface area contributed by atoms with E-state index in [1.807, 2.05) is 0 Å². The molecule has 0 aliphatic heterocycles. The van der Waals surface area contributed by atoms with E-state index < -0.39 is 13.0 Å². The zero-order valence-corrected chi connectivity index (χ0v) is 9.48. The van der Waals surface area contributed by atoms with Crippen LogP contribution in [-0.2, 0) is 0 Å². The molecule has 0 heterocycles. The minimum atomic E-state index is -2.57. The van der Waals surface area contributed by atoms with E-state index in [1.54, 1.807) is 12.1 Å². The maximum Gasteiger partial charge on any atom is 0.272 e. The summed E-state index contributed by atoms with van der Waals surface area (Å²) in [4.78, 5) is 0. The minimum absolute atomic E-state index is 0.194. The molecule has 6 heteroatoms. The Morgan fingerprint density at radius 3 is 2.71 bits per heavy atom. The van der Waals surface area contributed by atoms with Gasteiger partial charge in [-0.3, -0.25) is 0 Å². The second kappa shape index (κ2) is 6.03. The molecule has 1 aromatic rings. The number of ether oxygens (including phenoxy) is 2. The molecule has 0 aliphatic rings. The van der Waals surface area contributed by atoms with Gasteiger partial charge in [0.25, 0.3) is 6.43 Å². The summed E-state index contributed by atoms with van der Waals surface area (Å²) < 4.78 is 34.1. The number of halogens is 2. The molecule has 17 heavy (non-hydrogen) atoms. The van der Waals surface area contributed by atoms with Crippen LogP contribution in [0.3, 0.4) is 0 Å². The highest BCUT2D eigenvalue weighted by Gasteiger charge is 2.11. The molecule has 0 unspecified atom stereocenters. The number of rotatable bonds is 5. The number of benzene rings is 1. The van der Waals surface area contributed by atoms with E-state index in [0.717, 1.165) is 0 Å². The Morgan fingerprint density at radius 2 is 2.18 bits per heavy atom. The molecule has 94 valence electrons. The lowest BCUT2D eigenvalue weighted by Crippen LogP contribution is -2.10. The largest absolute Gasteiger partial charge is 0.497 e. The van der Waals surface area contributed by atoms with Gasteiger partial charge >= 0.3 is 0 Å². The predicted octanol–water partition coefficient (Wildman–Crippen LogP) is 2.54. The van der Waals surface area contributed by atoms with Crippen molar-refractivity contribution in [3.05, 3.63) is 23.8 Å². The molecular weight excluding hydrogens is 232 g/mol. The van der Waals surface area contributed by atoms with Gasteiger partial charge in [0.05, 0.1) is 12.8 Å². The van der Waals surface area contributed by atoms with E-state index >= 15 is 0 Å². The summed E-state index contributed by atoms with van der Waals surface area (Å²) in [6.07, 6.45) is -2.57. The molecule has 1 N–H and O–H groups in total. The number of alkyl halides is 2. The molecule has 0 saturated carbocycles. The Balaban J connectivity index is 3.03. The summed E-state index contributed by atoms with van der Waals surface area (Å²) in [7, 11) is 1.46. The third kappa shape index (κ3) is 3.58. The standard InChI is InChI=1S/C11H13F2NO3/c1-7(14-15)9-4-3-8(16-2)5-10(9)17-6-11(12)13/h3-5,11,15H,6H2,1-2H3/b14-7+. The average molecular weight is 245 g/mol. The molecule has 0 atom stereocenters.